The van der Waals surface area contributed by atoms with Gasteiger partial charge < -0.3 is 15.0 Å². The largest absolute Gasteiger partial charge is 0.467 e. The monoisotopic (exact) mass is 253 g/mol. The Morgan fingerprint density at radius 2 is 2.22 bits per heavy atom. The van der Waals surface area contributed by atoms with E-state index in [0.717, 1.165) is 0 Å². The first-order valence-corrected chi connectivity index (χ1v) is 5.92. The molecule has 0 aliphatic rings. The second-order valence-corrected chi connectivity index (χ2v) is 4.32. The van der Waals surface area contributed by atoms with Crippen LogP contribution in [0.5, 0.6) is 0 Å². The first-order chi connectivity index (χ1) is 8.47. The Hall–Kier alpha value is -1.85. The predicted octanol–water partition coefficient (Wildman–Crippen LogP) is 0.942. The van der Waals surface area contributed by atoms with Crippen molar-refractivity contribution in [2.75, 3.05) is 12.4 Å². The van der Waals surface area contributed by atoms with Crippen LogP contribution in [0, 0.1) is 5.92 Å². The minimum atomic E-state index is -0.519. The summed E-state index contributed by atoms with van der Waals surface area (Å²) >= 11 is 0. The molecule has 1 aromatic rings. The molecule has 0 bridgehead atoms. The van der Waals surface area contributed by atoms with Crippen LogP contribution in [-0.2, 0) is 16.0 Å². The van der Waals surface area contributed by atoms with E-state index < -0.39 is 6.04 Å². The van der Waals surface area contributed by atoms with Gasteiger partial charge in [0.25, 0.3) is 5.56 Å². The van der Waals surface area contributed by atoms with Crippen molar-refractivity contribution in [1.82, 2.24) is 9.97 Å². The Morgan fingerprint density at radius 1 is 1.56 bits per heavy atom. The van der Waals surface area contributed by atoms with Gasteiger partial charge in [0.05, 0.1) is 7.11 Å². The zero-order valence-electron chi connectivity index (χ0n) is 11.1. The molecule has 0 aliphatic carbocycles. The molecule has 18 heavy (non-hydrogen) atoms. The van der Waals surface area contributed by atoms with E-state index >= 15 is 0 Å². The molecule has 1 unspecified atom stereocenters. The summed E-state index contributed by atoms with van der Waals surface area (Å²) in [4.78, 5) is 29.8. The quantitative estimate of drug-likeness (QED) is 0.763. The van der Waals surface area contributed by atoms with Gasteiger partial charge in [0, 0.05) is 12.5 Å². The molecule has 1 atom stereocenters. The van der Waals surface area contributed by atoms with Crippen molar-refractivity contribution in [2.24, 2.45) is 5.92 Å². The van der Waals surface area contributed by atoms with Crippen LogP contribution in [0.1, 0.15) is 26.6 Å². The molecule has 0 spiro atoms. The van der Waals surface area contributed by atoms with E-state index in [1.54, 1.807) is 0 Å². The minimum absolute atomic E-state index is 0.0311. The molecule has 0 aliphatic heterocycles. The van der Waals surface area contributed by atoms with Crippen molar-refractivity contribution < 1.29 is 9.53 Å². The molecular weight excluding hydrogens is 234 g/mol. The number of carbonyl (C=O) groups excluding carboxylic acids is 1. The summed E-state index contributed by atoms with van der Waals surface area (Å²) in [5, 5.41) is 2.94. The van der Waals surface area contributed by atoms with E-state index in [2.05, 4.69) is 15.3 Å². The molecule has 0 saturated carbocycles. The molecule has 0 saturated heterocycles. The number of ether oxygens (including phenoxy) is 1. The van der Waals surface area contributed by atoms with Gasteiger partial charge in [0.15, 0.2) is 0 Å². The van der Waals surface area contributed by atoms with Crippen LogP contribution in [0.4, 0.5) is 5.82 Å². The van der Waals surface area contributed by atoms with Gasteiger partial charge in [-0.1, -0.05) is 20.8 Å². The summed E-state index contributed by atoms with van der Waals surface area (Å²) in [6.45, 7) is 5.67. The number of nitrogens with one attached hydrogen (secondary N) is 2. The van der Waals surface area contributed by atoms with Crippen LogP contribution in [0.25, 0.3) is 0 Å². The summed E-state index contributed by atoms with van der Waals surface area (Å²) in [5.74, 6) is 0.630. The van der Waals surface area contributed by atoms with Crippen molar-refractivity contribution >= 4 is 11.8 Å². The number of methoxy groups -OCH3 is 1. The standard InChI is InChI=1S/C12H19N3O3/c1-5-8-13-9(6-10(16)14-8)15-11(7(2)3)12(17)18-4/h6-7,11H,5H2,1-4H3,(H2,13,14,15,16). The van der Waals surface area contributed by atoms with E-state index in [4.69, 9.17) is 4.74 Å². The highest BCUT2D eigenvalue weighted by molar-refractivity contribution is 5.79. The normalized spacial score (nSPS) is 12.3. The van der Waals surface area contributed by atoms with Gasteiger partial charge in [0.1, 0.15) is 17.7 Å². The van der Waals surface area contributed by atoms with Crippen molar-refractivity contribution in [3.63, 3.8) is 0 Å². The molecule has 0 amide bonds. The summed E-state index contributed by atoms with van der Waals surface area (Å²) < 4.78 is 4.72. The van der Waals surface area contributed by atoms with Crippen LogP contribution in [-0.4, -0.2) is 29.1 Å². The highest BCUT2D eigenvalue weighted by Crippen LogP contribution is 2.10. The molecule has 1 rings (SSSR count). The smallest absolute Gasteiger partial charge is 0.328 e. The first-order valence-electron chi connectivity index (χ1n) is 5.92. The number of H-pyrrole nitrogens is 1. The molecule has 1 heterocycles. The number of aryl methyl sites for hydroxylation is 1. The van der Waals surface area contributed by atoms with E-state index in [0.29, 0.717) is 18.1 Å². The van der Waals surface area contributed by atoms with Gasteiger partial charge in [-0.2, -0.15) is 0 Å². The van der Waals surface area contributed by atoms with E-state index in [1.165, 1.54) is 13.2 Å². The lowest BCUT2D eigenvalue weighted by Gasteiger charge is -2.20. The zero-order valence-corrected chi connectivity index (χ0v) is 11.1. The average molecular weight is 253 g/mol. The molecule has 2 N–H and O–H groups in total. The first kappa shape index (κ1) is 14.2. The van der Waals surface area contributed by atoms with E-state index in [-0.39, 0.29) is 17.4 Å². The van der Waals surface area contributed by atoms with Gasteiger partial charge in [-0.25, -0.2) is 9.78 Å². The number of nitrogens with zero attached hydrogens (tertiary/aromatic N) is 1. The summed E-state index contributed by atoms with van der Waals surface area (Å²) in [6, 6.07) is 0.811. The number of aromatic amines is 1. The summed E-state index contributed by atoms with van der Waals surface area (Å²) in [7, 11) is 1.34. The third-order valence-electron chi connectivity index (χ3n) is 2.55. The molecular formula is C12H19N3O3. The third kappa shape index (κ3) is 3.58. The number of anilines is 1. The Balaban J connectivity index is 2.97. The maximum atomic E-state index is 11.6. The van der Waals surface area contributed by atoms with Crippen LogP contribution in [0.15, 0.2) is 10.9 Å². The lowest BCUT2D eigenvalue weighted by molar-refractivity contribution is -0.142. The van der Waals surface area contributed by atoms with Gasteiger partial charge in [-0.05, 0) is 5.92 Å². The van der Waals surface area contributed by atoms with Gasteiger partial charge in [-0.3, -0.25) is 4.79 Å². The molecule has 6 heteroatoms. The highest BCUT2D eigenvalue weighted by atomic mass is 16.5. The number of hydrogen-bond donors (Lipinski definition) is 2. The van der Waals surface area contributed by atoms with Crippen LogP contribution >= 0.6 is 0 Å². The maximum absolute atomic E-state index is 11.6. The average Bonchev–Trinajstić information content (AvgIpc) is 2.34. The molecule has 0 aromatic carbocycles. The zero-order chi connectivity index (χ0) is 13.7. The Bertz CT molecular complexity index is 468. The Labute approximate surface area is 106 Å². The topological polar surface area (TPSA) is 84.1 Å². The van der Waals surface area contributed by atoms with Gasteiger partial charge in [0.2, 0.25) is 0 Å². The fourth-order valence-corrected chi connectivity index (χ4v) is 1.53. The number of esters is 1. The molecule has 0 fully saturated rings. The number of rotatable bonds is 5. The van der Waals surface area contributed by atoms with Crippen LogP contribution in [0.3, 0.4) is 0 Å². The maximum Gasteiger partial charge on any atom is 0.328 e. The van der Waals surface area contributed by atoms with Gasteiger partial charge >= 0.3 is 5.97 Å². The van der Waals surface area contributed by atoms with Crippen LogP contribution < -0.4 is 10.9 Å². The molecule has 1 aromatic heterocycles. The van der Waals surface area contributed by atoms with E-state index in [1.807, 2.05) is 20.8 Å². The lowest BCUT2D eigenvalue weighted by atomic mass is 10.0. The molecule has 0 radical (unpaired) electrons. The van der Waals surface area contributed by atoms with Crippen molar-refractivity contribution in [1.29, 1.82) is 0 Å². The highest BCUT2D eigenvalue weighted by Gasteiger charge is 2.23. The Morgan fingerprint density at radius 3 is 2.72 bits per heavy atom. The minimum Gasteiger partial charge on any atom is -0.467 e. The number of hydrogen-bond acceptors (Lipinski definition) is 5. The second-order valence-electron chi connectivity index (χ2n) is 4.32. The second kappa shape index (κ2) is 6.18. The predicted molar refractivity (Wildman–Crippen MR) is 68.5 cm³/mol. The van der Waals surface area contributed by atoms with E-state index in [9.17, 15) is 9.59 Å². The molecule has 100 valence electrons. The summed E-state index contributed by atoms with van der Waals surface area (Å²) in [5.41, 5.74) is -0.239. The number of carbonyl (C=O) groups is 1. The summed E-state index contributed by atoms with van der Waals surface area (Å²) in [6.07, 6.45) is 0.620. The fourth-order valence-electron chi connectivity index (χ4n) is 1.53. The number of aromatic nitrogens is 2. The SMILES string of the molecule is CCc1nc(NC(C(=O)OC)C(C)C)cc(=O)[nH]1. The van der Waals surface area contributed by atoms with Crippen molar-refractivity contribution in [2.45, 2.75) is 33.2 Å². The Kier molecular flexibility index (Phi) is 4.88. The third-order valence-corrected chi connectivity index (χ3v) is 2.55. The van der Waals surface area contributed by atoms with Gasteiger partial charge in [-0.15, -0.1) is 0 Å². The fraction of sp³-hybridized carbons (Fsp3) is 0.583. The lowest BCUT2D eigenvalue weighted by Crippen LogP contribution is -2.36. The molecule has 6 nitrogen and oxygen atoms in total. The van der Waals surface area contributed by atoms with Crippen molar-refractivity contribution in [3.8, 4) is 0 Å². The van der Waals surface area contributed by atoms with Crippen LogP contribution in [0.2, 0.25) is 0 Å². The van der Waals surface area contributed by atoms with Crippen molar-refractivity contribution in [3.05, 3.63) is 22.2 Å².